The number of hydrogen-bond donors (Lipinski definition) is 0. The third kappa shape index (κ3) is 2.98. The van der Waals surface area contributed by atoms with E-state index in [1.165, 1.54) is 13.1 Å². The zero-order chi connectivity index (χ0) is 12.4. The molecular formula is C10H11Cl2N3O2. The summed E-state index contributed by atoms with van der Waals surface area (Å²) in [6.07, 6.45) is 2.06. The number of carbonyl (C=O) groups is 1. The lowest BCUT2D eigenvalue weighted by Crippen LogP contribution is -2.28. The number of carbonyl (C=O) groups excluding carboxylic acids is 1. The number of nitrogens with zero attached hydrogens (tertiary/aromatic N) is 3. The van der Waals surface area contributed by atoms with E-state index in [1.54, 1.807) is 4.90 Å². The van der Waals surface area contributed by atoms with E-state index in [2.05, 4.69) is 9.97 Å². The Labute approximate surface area is 109 Å². The number of rotatable bonds is 2. The molecule has 0 radical (unpaired) electrons. The number of likely N-dealkylation sites (tertiary alicyclic amines) is 1. The van der Waals surface area contributed by atoms with Gasteiger partial charge >= 0.3 is 0 Å². The van der Waals surface area contributed by atoms with Crippen LogP contribution in [-0.2, 0) is 4.79 Å². The van der Waals surface area contributed by atoms with Crippen molar-refractivity contribution in [3.63, 3.8) is 0 Å². The van der Waals surface area contributed by atoms with Gasteiger partial charge in [0, 0.05) is 19.9 Å². The van der Waals surface area contributed by atoms with Gasteiger partial charge in [0.15, 0.2) is 0 Å². The van der Waals surface area contributed by atoms with E-state index < -0.39 is 0 Å². The Kier molecular flexibility index (Phi) is 3.69. The Morgan fingerprint density at radius 1 is 1.59 bits per heavy atom. The van der Waals surface area contributed by atoms with Crippen LogP contribution in [0.2, 0.25) is 10.3 Å². The maximum absolute atomic E-state index is 11.2. The van der Waals surface area contributed by atoms with Crippen molar-refractivity contribution in [1.29, 1.82) is 0 Å². The summed E-state index contributed by atoms with van der Waals surface area (Å²) in [5.41, 5.74) is 0. The number of ether oxygens (including phenoxy) is 1. The van der Waals surface area contributed by atoms with Gasteiger partial charge in [0.2, 0.25) is 17.1 Å². The summed E-state index contributed by atoms with van der Waals surface area (Å²) in [5, 5.41) is 0.404. The molecule has 1 amide bonds. The van der Waals surface area contributed by atoms with Crippen molar-refractivity contribution >= 4 is 29.1 Å². The van der Waals surface area contributed by atoms with Gasteiger partial charge in [-0.25, -0.2) is 4.98 Å². The molecule has 5 nitrogen and oxygen atoms in total. The molecule has 92 valence electrons. The summed E-state index contributed by atoms with van der Waals surface area (Å²) in [4.78, 5) is 20.5. The maximum atomic E-state index is 11.2. The minimum atomic E-state index is -0.0950. The number of hydrogen-bond acceptors (Lipinski definition) is 4. The van der Waals surface area contributed by atoms with Crippen molar-refractivity contribution in [2.24, 2.45) is 0 Å². The molecule has 7 heteroatoms. The summed E-state index contributed by atoms with van der Waals surface area (Å²) in [5.74, 6) is 0.310. The van der Waals surface area contributed by atoms with Gasteiger partial charge in [0.05, 0.1) is 12.7 Å². The smallest absolute Gasteiger partial charge is 0.237 e. The first-order chi connectivity index (χ1) is 8.06. The van der Waals surface area contributed by atoms with Gasteiger partial charge in [-0.3, -0.25) is 4.79 Å². The molecule has 2 heterocycles. The Morgan fingerprint density at radius 2 is 2.35 bits per heavy atom. The highest BCUT2D eigenvalue weighted by atomic mass is 35.5. The maximum Gasteiger partial charge on any atom is 0.237 e. The fourth-order valence-electron chi connectivity index (χ4n) is 1.68. The van der Waals surface area contributed by atoms with Crippen molar-refractivity contribution in [2.45, 2.75) is 19.4 Å². The Morgan fingerprint density at radius 3 is 3.00 bits per heavy atom. The highest BCUT2D eigenvalue weighted by Gasteiger charge is 2.26. The fourth-order valence-corrected chi connectivity index (χ4v) is 1.94. The monoisotopic (exact) mass is 275 g/mol. The highest BCUT2D eigenvalue weighted by molar-refractivity contribution is 6.32. The van der Waals surface area contributed by atoms with Gasteiger partial charge in [-0.15, -0.1) is 0 Å². The second kappa shape index (κ2) is 5.06. The van der Waals surface area contributed by atoms with Crippen LogP contribution in [0.1, 0.15) is 13.3 Å². The molecule has 1 fully saturated rings. The average Bonchev–Trinajstić information content (AvgIpc) is 2.72. The van der Waals surface area contributed by atoms with Gasteiger partial charge in [-0.05, 0) is 11.6 Å². The molecule has 0 bridgehead atoms. The molecule has 0 aromatic carbocycles. The Bertz CT molecular complexity index is 442. The molecule has 1 aliphatic rings. The predicted molar refractivity (Wildman–Crippen MR) is 63.3 cm³/mol. The first-order valence-electron chi connectivity index (χ1n) is 5.16. The largest absolute Gasteiger partial charge is 0.471 e. The normalized spacial score (nSPS) is 19.5. The van der Waals surface area contributed by atoms with Crippen molar-refractivity contribution in [1.82, 2.24) is 14.9 Å². The molecule has 0 saturated carbocycles. The quantitative estimate of drug-likeness (QED) is 0.773. The number of halogens is 2. The van der Waals surface area contributed by atoms with Crippen molar-refractivity contribution < 1.29 is 9.53 Å². The van der Waals surface area contributed by atoms with E-state index >= 15 is 0 Å². The topological polar surface area (TPSA) is 55.3 Å². The van der Waals surface area contributed by atoms with Crippen LogP contribution in [0, 0.1) is 0 Å². The summed E-state index contributed by atoms with van der Waals surface area (Å²) < 4.78 is 5.61. The fraction of sp³-hybridized carbons (Fsp3) is 0.500. The number of aromatic nitrogens is 2. The SMILES string of the molecule is CC(=O)N1CCC(Oc2nc(Cl)ncc2Cl)C1. The molecule has 1 aliphatic heterocycles. The Hall–Kier alpha value is -1.07. The molecule has 0 spiro atoms. The molecule has 17 heavy (non-hydrogen) atoms. The van der Waals surface area contributed by atoms with E-state index in [9.17, 15) is 4.79 Å². The standard InChI is InChI=1S/C10H11Cl2N3O2/c1-6(16)15-3-2-7(5-15)17-9-8(11)4-13-10(12)14-9/h4,7H,2-3,5H2,1H3. The van der Waals surface area contributed by atoms with E-state index in [0.717, 1.165) is 6.42 Å². The highest BCUT2D eigenvalue weighted by Crippen LogP contribution is 2.25. The van der Waals surface area contributed by atoms with Crippen molar-refractivity contribution in [3.8, 4) is 5.88 Å². The van der Waals surface area contributed by atoms with Crippen LogP contribution >= 0.6 is 23.2 Å². The summed E-state index contributed by atoms with van der Waals surface area (Å²) in [6, 6.07) is 0. The van der Waals surface area contributed by atoms with Gasteiger partial charge in [-0.1, -0.05) is 11.6 Å². The first-order valence-corrected chi connectivity index (χ1v) is 5.92. The zero-order valence-electron chi connectivity index (χ0n) is 9.19. The lowest BCUT2D eigenvalue weighted by atomic mass is 10.3. The second-order valence-corrected chi connectivity index (χ2v) is 4.53. The predicted octanol–water partition coefficient (Wildman–Crippen LogP) is 1.78. The van der Waals surface area contributed by atoms with Gasteiger partial charge in [0.25, 0.3) is 0 Å². The molecule has 2 rings (SSSR count). The van der Waals surface area contributed by atoms with Crippen LogP contribution in [0.3, 0.4) is 0 Å². The third-order valence-electron chi connectivity index (χ3n) is 2.55. The van der Waals surface area contributed by atoms with Crippen LogP contribution in [0.15, 0.2) is 6.20 Å². The van der Waals surface area contributed by atoms with Crippen LogP contribution in [0.5, 0.6) is 5.88 Å². The van der Waals surface area contributed by atoms with Gasteiger partial charge in [-0.2, -0.15) is 4.98 Å². The second-order valence-electron chi connectivity index (χ2n) is 3.79. The molecule has 1 atom stereocenters. The van der Waals surface area contributed by atoms with Crippen LogP contribution < -0.4 is 4.74 Å². The number of amides is 1. The molecular weight excluding hydrogens is 265 g/mol. The third-order valence-corrected chi connectivity index (χ3v) is 2.99. The Balaban J connectivity index is 2.02. The van der Waals surface area contributed by atoms with E-state index in [1.807, 2.05) is 0 Å². The van der Waals surface area contributed by atoms with Crippen LogP contribution in [0.25, 0.3) is 0 Å². The minimum Gasteiger partial charge on any atom is -0.471 e. The molecule has 1 aromatic heterocycles. The lowest BCUT2D eigenvalue weighted by molar-refractivity contribution is -0.128. The van der Waals surface area contributed by atoms with Crippen LogP contribution in [0.4, 0.5) is 0 Å². The average molecular weight is 276 g/mol. The van der Waals surface area contributed by atoms with Crippen molar-refractivity contribution in [3.05, 3.63) is 16.5 Å². The van der Waals surface area contributed by atoms with E-state index in [-0.39, 0.29) is 23.2 Å². The molecule has 1 unspecified atom stereocenters. The molecule has 1 saturated heterocycles. The molecule has 0 aliphatic carbocycles. The first kappa shape index (κ1) is 12.4. The molecule has 1 aromatic rings. The summed E-state index contributed by atoms with van der Waals surface area (Å²) in [6.45, 7) is 2.78. The van der Waals surface area contributed by atoms with E-state index in [4.69, 9.17) is 27.9 Å². The minimum absolute atomic E-state index is 0.0444. The zero-order valence-corrected chi connectivity index (χ0v) is 10.7. The summed E-state index contributed by atoms with van der Waals surface area (Å²) in [7, 11) is 0. The van der Waals surface area contributed by atoms with Gasteiger partial charge < -0.3 is 9.64 Å². The van der Waals surface area contributed by atoms with Crippen LogP contribution in [-0.4, -0.2) is 40.0 Å². The lowest BCUT2D eigenvalue weighted by Gasteiger charge is -2.15. The van der Waals surface area contributed by atoms with Gasteiger partial charge in [0.1, 0.15) is 11.1 Å². The van der Waals surface area contributed by atoms with Crippen molar-refractivity contribution in [2.75, 3.05) is 13.1 Å². The molecule has 0 N–H and O–H groups in total. The van der Waals surface area contributed by atoms with E-state index in [0.29, 0.717) is 18.1 Å². The summed E-state index contributed by atoms with van der Waals surface area (Å²) >= 11 is 11.5.